The number of carbonyl (C=O) groups excluding carboxylic acids is 1. The van der Waals surface area contributed by atoms with Gasteiger partial charge in [-0.1, -0.05) is 18.2 Å². The predicted molar refractivity (Wildman–Crippen MR) is 99.4 cm³/mol. The van der Waals surface area contributed by atoms with Gasteiger partial charge in [0.2, 0.25) is 0 Å². The third kappa shape index (κ3) is 5.20. The van der Waals surface area contributed by atoms with Crippen molar-refractivity contribution in [3.63, 3.8) is 0 Å². The number of methoxy groups -OCH3 is 1. The van der Waals surface area contributed by atoms with Gasteiger partial charge in [-0.15, -0.1) is 0 Å². The number of piperidine rings is 1. The summed E-state index contributed by atoms with van der Waals surface area (Å²) in [5.41, 5.74) is -0.542. The number of ether oxygens (including phenoxy) is 3. The van der Waals surface area contributed by atoms with Crippen molar-refractivity contribution in [2.45, 2.75) is 18.4 Å². The second kappa shape index (κ2) is 8.86. The molecule has 1 fully saturated rings. The molecule has 5 nitrogen and oxygen atoms in total. The minimum absolute atomic E-state index is 0.0923. The number of benzene rings is 2. The highest BCUT2D eigenvalue weighted by Crippen LogP contribution is 2.26. The molecule has 0 N–H and O–H groups in total. The maximum absolute atomic E-state index is 12.9. The lowest BCUT2D eigenvalue weighted by Gasteiger charge is -2.41. The van der Waals surface area contributed by atoms with Gasteiger partial charge < -0.3 is 19.1 Å². The number of carbonyl (C=O) groups is 1. The first-order valence-corrected chi connectivity index (χ1v) is 8.99. The van der Waals surface area contributed by atoms with Crippen LogP contribution in [0.2, 0.25) is 0 Å². The van der Waals surface area contributed by atoms with Crippen LogP contribution in [0.1, 0.15) is 12.8 Å². The zero-order valence-corrected chi connectivity index (χ0v) is 15.4. The lowest BCUT2D eigenvalue weighted by Crippen LogP contribution is -2.55. The Kier molecular flexibility index (Phi) is 6.29. The van der Waals surface area contributed by atoms with Gasteiger partial charge in [0.25, 0.3) is 5.91 Å². The molecule has 1 atom stereocenters. The van der Waals surface area contributed by atoms with E-state index in [4.69, 9.17) is 14.2 Å². The van der Waals surface area contributed by atoms with Gasteiger partial charge in [-0.3, -0.25) is 4.79 Å². The van der Waals surface area contributed by atoms with E-state index in [0.717, 1.165) is 18.6 Å². The number of amides is 1. The molecule has 2 aromatic rings. The molecule has 3 rings (SSSR count). The Morgan fingerprint density at radius 3 is 2.48 bits per heavy atom. The summed E-state index contributed by atoms with van der Waals surface area (Å²) in [6, 6.07) is 15.2. The van der Waals surface area contributed by atoms with Crippen molar-refractivity contribution < 1.29 is 23.4 Å². The first-order valence-electron chi connectivity index (χ1n) is 8.99. The van der Waals surface area contributed by atoms with E-state index in [1.54, 1.807) is 12.0 Å². The Morgan fingerprint density at radius 2 is 1.78 bits per heavy atom. The van der Waals surface area contributed by atoms with Crippen molar-refractivity contribution >= 4 is 5.91 Å². The fraction of sp³-hybridized carbons (Fsp3) is 0.381. The number of nitrogens with zero attached hydrogens (tertiary/aromatic N) is 1. The number of hydrogen-bond donors (Lipinski definition) is 0. The molecule has 0 aliphatic carbocycles. The predicted octanol–water partition coefficient (Wildman–Crippen LogP) is 3.29. The van der Waals surface area contributed by atoms with E-state index in [0.29, 0.717) is 25.4 Å². The van der Waals surface area contributed by atoms with Crippen LogP contribution in [0.5, 0.6) is 11.5 Å². The van der Waals surface area contributed by atoms with Gasteiger partial charge in [0, 0.05) is 13.7 Å². The van der Waals surface area contributed by atoms with Crippen LogP contribution in [-0.2, 0) is 9.53 Å². The van der Waals surface area contributed by atoms with Gasteiger partial charge in [-0.25, -0.2) is 4.39 Å². The van der Waals surface area contributed by atoms with Gasteiger partial charge >= 0.3 is 0 Å². The molecule has 1 aliphatic heterocycles. The molecular formula is C21H24FNO4. The van der Waals surface area contributed by atoms with Gasteiger partial charge in [0.05, 0.1) is 6.54 Å². The second-order valence-corrected chi connectivity index (χ2v) is 6.65. The normalized spacial score (nSPS) is 19.6. The topological polar surface area (TPSA) is 48.0 Å². The average molecular weight is 373 g/mol. The Balaban J connectivity index is 1.56. The highest BCUT2D eigenvalue weighted by Gasteiger charge is 2.38. The summed E-state index contributed by atoms with van der Waals surface area (Å²) < 4.78 is 30.1. The molecule has 1 aliphatic rings. The minimum Gasteiger partial charge on any atom is -0.491 e. The summed E-state index contributed by atoms with van der Waals surface area (Å²) in [6.07, 6.45) is 1.65. The standard InChI is InChI=1S/C21H24FNO4/c1-25-21(16-27-18-6-3-2-4-7-18)12-5-13-23(15-21)20(24)14-26-19-10-8-17(22)9-11-19/h2-4,6-11H,5,12-16H2,1H3. The van der Waals surface area contributed by atoms with Crippen LogP contribution in [0, 0.1) is 5.82 Å². The SMILES string of the molecule is COC1(COc2ccccc2)CCCN(C(=O)COc2ccc(F)cc2)C1. The van der Waals surface area contributed by atoms with Gasteiger partial charge in [0.15, 0.2) is 6.61 Å². The summed E-state index contributed by atoms with van der Waals surface area (Å²) in [4.78, 5) is 14.3. The van der Waals surface area contributed by atoms with Crippen LogP contribution in [0.4, 0.5) is 4.39 Å². The molecule has 0 spiro atoms. The van der Waals surface area contributed by atoms with Gasteiger partial charge in [-0.05, 0) is 49.2 Å². The molecule has 6 heteroatoms. The van der Waals surface area contributed by atoms with Crippen molar-refractivity contribution in [2.24, 2.45) is 0 Å². The molecule has 1 saturated heterocycles. The largest absolute Gasteiger partial charge is 0.491 e. The van der Waals surface area contributed by atoms with Crippen LogP contribution in [0.3, 0.4) is 0 Å². The molecule has 1 heterocycles. The molecule has 144 valence electrons. The molecule has 0 bridgehead atoms. The van der Waals surface area contributed by atoms with Crippen molar-refractivity contribution in [2.75, 3.05) is 33.4 Å². The molecule has 1 amide bonds. The summed E-state index contributed by atoms with van der Waals surface area (Å²) in [7, 11) is 1.65. The van der Waals surface area contributed by atoms with Crippen molar-refractivity contribution in [1.82, 2.24) is 4.90 Å². The smallest absolute Gasteiger partial charge is 0.260 e. The molecule has 1 unspecified atom stereocenters. The molecular weight excluding hydrogens is 349 g/mol. The zero-order chi connectivity index (χ0) is 19.1. The molecule has 0 saturated carbocycles. The van der Waals surface area contributed by atoms with Crippen LogP contribution >= 0.6 is 0 Å². The molecule has 2 aromatic carbocycles. The van der Waals surface area contributed by atoms with E-state index in [2.05, 4.69) is 0 Å². The summed E-state index contributed by atoms with van der Waals surface area (Å²) >= 11 is 0. The summed E-state index contributed by atoms with van der Waals surface area (Å²) in [5, 5.41) is 0. The number of likely N-dealkylation sites (tertiary alicyclic amines) is 1. The van der Waals surface area contributed by atoms with E-state index in [9.17, 15) is 9.18 Å². The van der Waals surface area contributed by atoms with Crippen molar-refractivity contribution in [3.05, 3.63) is 60.4 Å². The minimum atomic E-state index is -0.542. The number of hydrogen-bond acceptors (Lipinski definition) is 4. The maximum atomic E-state index is 12.9. The Hall–Kier alpha value is -2.60. The highest BCUT2D eigenvalue weighted by atomic mass is 19.1. The maximum Gasteiger partial charge on any atom is 0.260 e. The fourth-order valence-electron chi connectivity index (χ4n) is 3.15. The summed E-state index contributed by atoms with van der Waals surface area (Å²) in [6.45, 7) is 1.38. The fourth-order valence-corrected chi connectivity index (χ4v) is 3.15. The van der Waals surface area contributed by atoms with Crippen LogP contribution in [0.15, 0.2) is 54.6 Å². The lowest BCUT2D eigenvalue weighted by molar-refractivity contribution is -0.145. The zero-order valence-electron chi connectivity index (χ0n) is 15.4. The summed E-state index contributed by atoms with van der Waals surface area (Å²) in [5.74, 6) is 0.775. The molecule has 0 radical (unpaired) electrons. The quantitative estimate of drug-likeness (QED) is 0.747. The number of para-hydroxylation sites is 1. The first kappa shape index (κ1) is 19.2. The molecule has 27 heavy (non-hydrogen) atoms. The Bertz CT molecular complexity index is 738. The lowest BCUT2D eigenvalue weighted by atomic mass is 9.93. The van der Waals surface area contributed by atoms with Crippen LogP contribution in [-0.4, -0.2) is 49.8 Å². The van der Waals surface area contributed by atoms with Gasteiger partial charge in [0.1, 0.15) is 29.5 Å². The monoisotopic (exact) mass is 373 g/mol. The third-order valence-electron chi connectivity index (χ3n) is 4.75. The third-order valence-corrected chi connectivity index (χ3v) is 4.75. The highest BCUT2D eigenvalue weighted by molar-refractivity contribution is 5.78. The van der Waals surface area contributed by atoms with E-state index in [1.807, 2.05) is 30.3 Å². The van der Waals surface area contributed by atoms with E-state index in [-0.39, 0.29) is 18.3 Å². The number of halogens is 1. The van der Waals surface area contributed by atoms with E-state index in [1.165, 1.54) is 24.3 Å². The van der Waals surface area contributed by atoms with Crippen LogP contribution < -0.4 is 9.47 Å². The second-order valence-electron chi connectivity index (χ2n) is 6.65. The van der Waals surface area contributed by atoms with Gasteiger partial charge in [-0.2, -0.15) is 0 Å². The Labute approximate surface area is 158 Å². The van der Waals surface area contributed by atoms with Crippen molar-refractivity contribution in [3.8, 4) is 11.5 Å². The average Bonchev–Trinajstić information content (AvgIpc) is 2.72. The number of rotatable bonds is 7. The van der Waals surface area contributed by atoms with E-state index >= 15 is 0 Å². The molecule has 0 aromatic heterocycles. The van der Waals surface area contributed by atoms with E-state index < -0.39 is 5.60 Å². The van der Waals surface area contributed by atoms with Crippen LogP contribution in [0.25, 0.3) is 0 Å². The Morgan fingerprint density at radius 1 is 1.07 bits per heavy atom. The first-order chi connectivity index (χ1) is 13.1. The van der Waals surface area contributed by atoms with Crippen molar-refractivity contribution in [1.29, 1.82) is 0 Å².